The Bertz CT molecular complexity index is 431. The van der Waals surface area contributed by atoms with E-state index in [0.717, 1.165) is 12.1 Å². The Morgan fingerprint density at radius 1 is 1.25 bits per heavy atom. The zero-order valence-corrected chi connectivity index (χ0v) is 11.8. The number of hydrogen-bond donors (Lipinski definition) is 1. The SMILES string of the molecule is COCCN(CCOC)CC(=O)c1cc(F)ccc1O. The molecule has 0 aliphatic heterocycles. The molecule has 0 saturated heterocycles. The summed E-state index contributed by atoms with van der Waals surface area (Å²) in [6, 6.07) is 3.33. The zero-order chi connectivity index (χ0) is 15.0. The van der Waals surface area contributed by atoms with Gasteiger partial charge in [-0.1, -0.05) is 0 Å². The number of rotatable bonds is 9. The van der Waals surface area contributed by atoms with Crippen molar-refractivity contribution in [3.05, 3.63) is 29.6 Å². The van der Waals surface area contributed by atoms with Gasteiger partial charge in [-0.15, -0.1) is 0 Å². The number of aromatic hydroxyl groups is 1. The highest BCUT2D eigenvalue weighted by Crippen LogP contribution is 2.18. The van der Waals surface area contributed by atoms with Gasteiger partial charge in [-0.3, -0.25) is 9.69 Å². The van der Waals surface area contributed by atoms with E-state index in [1.54, 1.807) is 14.2 Å². The average Bonchev–Trinajstić information content (AvgIpc) is 2.44. The highest BCUT2D eigenvalue weighted by molar-refractivity contribution is 6.00. The van der Waals surface area contributed by atoms with Crippen molar-refractivity contribution in [1.82, 2.24) is 4.90 Å². The van der Waals surface area contributed by atoms with Gasteiger partial charge in [0.2, 0.25) is 0 Å². The Morgan fingerprint density at radius 2 is 1.85 bits per heavy atom. The number of Topliss-reactive ketones (excluding diaryl/α,β-unsaturated/α-hetero) is 1. The maximum atomic E-state index is 13.1. The maximum Gasteiger partial charge on any atom is 0.180 e. The number of methoxy groups -OCH3 is 2. The number of benzene rings is 1. The standard InChI is InChI=1S/C14H20FNO4/c1-19-7-5-16(6-8-20-2)10-14(18)12-9-11(15)3-4-13(12)17/h3-4,9,17H,5-8,10H2,1-2H3. The lowest BCUT2D eigenvalue weighted by molar-refractivity contribution is 0.0834. The summed E-state index contributed by atoms with van der Waals surface area (Å²) in [6.45, 7) is 2.14. The first-order chi connectivity index (χ1) is 9.58. The van der Waals surface area contributed by atoms with Crippen molar-refractivity contribution in [1.29, 1.82) is 0 Å². The lowest BCUT2D eigenvalue weighted by Crippen LogP contribution is -2.35. The third-order valence-corrected chi connectivity index (χ3v) is 2.85. The molecule has 0 fully saturated rings. The summed E-state index contributed by atoms with van der Waals surface area (Å²) >= 11 is 0. The molecule has 0 unspecified atom stereocenters. The molecule has 1 aromatic rings. The molecule has 0 aliphatic carbocycles. The Labute approximate surface area is 117 Å². The summed E-state index contributed by atoms with van der Waals surface area (Å²) in [6.07, 6.45) is 0. The summed E-state index contributed by atoms with van der Waals surface area (Å²) in [7, 11) is 3.16. The summed E-state index contributed by atoms with van der Waals surface area (Å²) in [5.74, 6) is -1.10. The third-order valence-electron chi connectivity index (χ3n) is 2.85. The minimum atomic E-state index is -0.550. The van der Waals surface area contributed by atoms with Crippen LogP contribution in [0.25, 0.3) is 0 Å². The summed E-state index contributed by atoms with van der Waals surface area (Å²) < 4.78 is 23.1. The predicted octanol–water partition coefficient (Wildman–Crippen LogP) is 1.31. The van der Waals surface area contributed by atoms with Gasteiger partial charge in [0.15, 0.2) is 5.78 Å². The number of phenols is 1. The molecule has 1 aromatic carbocycles. The highest BCUT2D eigenvalue weighted by Gasteiger charge is 2.16. The molecule has 112 valence electrons. The van der Waals surface area contributed by atoms with Crippen LogP contribution in [0.5, 0.6) is 5.75 Å². The van der Waals surface area contributed by atoms with Gasteiger partial charge in [-0.2, -0.15) is 0 Å². The lowest BCUT2D eigenvalue weighted by Gasteiger charge is -2.20. The molecule has 1 rings (SSSR count). The fourth-order valence-electron chi connectivity index (χ4n) is 1.73. The van der Waals surface area contributed by atoms with Crippen LogP contribution in [0.15, 0.2) is 18.2 Å². The van der Waals surface area contributed by atoms with Crippen LogP contribution in [0.2, 0.25) is 0 Å². The topological polar surface area (TPSA) is 59.0 Å². The fourth-order valence-corrected chi connectivity index (χ4v) is 1.73. The zero-order valence-electron chi connectivity index (χ0n) is 11.8. The van der Waals surface area contributed by atoms with Crippen molar-refractivity contribution in [2.75, 3.05) is 47.1 Å². The number of ether oxygens (including phenoxy) is 2. The van der Waals surface area contributed by atoms with Crippen molar-refractivity contribution in [3.8, 4) is 5.75 Å². The van der Waals surface area contributed by atoms with E-state index in [0.29, 0.717) is 26.3 Å². The molecule has 20 heavy (non-hydrogen) atoms. The highest BCUT2D eigenvalue weighted by atomic mass is 19.1. The van der Waals surface area contributed by atoms with Crippen LogP contribution >= 0.6 is 0 Å². The lowest BCUT2D eigenvalue weighted by atomic mass is 10.1. The molecule has 0 radical (unpaired) electrons. The quantitative estimate of drug-likeness (QED) is 0.693. The van der Waals surface area contributed by atoms with E-state index in [4.69, 9.17) is 9.47 Å². The van der Waals surface area contributed by atoms with Crippen LogP contribution in [0.4, 0.5) is 4.39 Å². The normalized spacial score (nSPS) is 11.0. The second-order valence-electron chi connectivity index (χ2n) is 4.35. The van der Waals surface area contributed by atoms with Crippen LogP contribution < -0.4 is 0 Å². The van der Waals surface area contributed by atoms with Crippen molar-refractivity contribution >= 4 is 5.78 Å². The van der Waals surface area contributed by atoms with E-state index >= 15 is 0 Å². The summed E-state index contributed by atoms with van der Waals surface area (Å²) in [5, 5.41) is 9.62. The van der Waals surface area contributed by atoms with E-state index in [-0.39, 0.29) is 23.6 Å². The molecule has 0 amide bonds. The second-order valence-corrected chi connectivity index (χ2v) is 4.35. The van der Waals surface area contributed by atoms with E-state index in [9.17, 15) is 14.3 Å². The van der Waals surface area contributed by atoms with Crippen molar-refractivity contribution in [2.45, 2.75) is 0 Å². The second kappa shape index (κ2) is 8.63. The smallest absolute Gasteiger partial charge is 0.180 e. The van der Waals surface area contributed by atoms with Crippen LogP contribution in [0.3, 0.4) is 0 Å². The van der Waals surface area contributed by atoms with Gasteiger partial charge in [-0.25, -0.2) is 4.39 Å². The predicted molar refractivity (Wildman–Crippen MR) is 72.6 cm³/mol. The first-order valence-electron chi connectivity index (χ1n) is 6.30. The largest absolute Gasteiger partial charge is 0.507 e. The molecular weight excluding hydrogens is 265 g/mol. The molecule has 0 heterocycles. The maximum absolute atomic E-state index is 13.1. The van der Waals surface area contributed by atoms with Crippen LogP contribution in [-0.2, 0) is 9.47 Å². The molecule has 1 N–H and O–H groups in total. The van der Waals surface area contributed by atoms with Gasteiger partial charge < -0.3 is 14.6 Å². The van der Waals surface area contributed by atoms with Crippen molar-refractivity contribution < 1.29 is 23.8 Å². The monoisotopic (exact) mass is 285 g/mol. The minimum Gasteiger partial charge on any atom is -0.507 e. The van der Waals surface area contributed by atoms with Crippen molar-refractivity contribution in [3.63, 3.8) is 0 Å². The molecule has 0 saturated carbocycles. The van der Waals surface area contributed by atoms with Gasteiger partial charge in [0.25, 0.3) is 0 Å². The van der Waals surface area contributed by atoms with Gasteiger partial charge in [0, 0.05) is 27.3 Å². The number of halogens is 1. The molecule has 0 aromatic heterocycles. The molecular formula is C14H20FNO4. The van der Waals surface area contributed by atoms with Gasteiger partial charge in [0.1, 0.15) is 11.6 Å². The molecule has 0 aliphatic rings. The average molecular weight is 285 g/mol. The van der Waals surface area contributed by atoms with Gasteiger partial charge >= 0.3 is 0 Å². The molecule has 0 atom stereocenters. The first kappa shape index (κ1) is 16.6. The number of nitrogens with zero attached hydrogens (tertiary/aromatic N) is 1. The van der Waals surface area contributed by atoms with Crippen LogP contribution in [0.1, 0.15) is 10.4 Å². The molecule has 5 nitrogen and oxygen atoms in total. The number of phenolic OH excluding ortho intramolecular Hbond substituents is 1. The summed E-state index contributed by atoms with van der Waals surface area (Å²) in [5.41, 5.74) is -0.00941. The molecule has 6 heteroatoms. The van der Waals surface area contributed by atoms with Gasteiger partial charge in [-0.05, 0) is 18.2 Å². The Kier molecular flexibility index (Phi) is 7.14. The first-order valence-corrected chi connectivity index (χ1v) is 6.30. The molecule has 0 spiro atoms. The Balaban J connectivity index is 2.70. The molecule has 0 bridgehead atoms. The van der Waals surface area contributed by atoms with E-state index in [2.05, 4.69) is 0 Å². The number of carbonyl (C=O) groups excluding carboxylic acids is 1. The minimum absolute atomic E-state index is 0.00941. The van der Waals surface area contributed by atoms with Crippen LogP contribution in [-0.4, -0.2) is 62.9 Å². The fraction of sp³-hybridized carbons (Fsp3) is 0.500. The van der Waals surface area contributed by atoms with Crippen LogP contribution in [0, 0.1) is 5.82 Å². The summed E-state index contributed by atoms with van der Waals surface area (Å²) in [4.78, 5) is 13.9. The van der Waals surface area contributed by atoms with Crippen molar-refractivity contribution in [2.24, 2.45) is 0 Å². The van der Waals surface area contributed by atoms with E-state index in [1.165, 1.54) is 6.07 Å². The Hall–Kier alpha value is -1.50. The van der Waals surface area contributed by atoms with E-state index in [1.807, 2.05) is 4.90 Å². The Morgan fingerprint density at radius 3 is 2.40 bits per heavy atom. The third kappa shape index (κ3) is 5.24. The van der Waals surface area contributed by atoms with Gasteiger partial charge in [0.05, 0.1) is 25.3 Å². The number of hydrogen-bond acceptors (Lipinski definition) is 5. The van der Waals surface area contributed by atoms with E-state index < -0.39 is 5.82 Å². The number of ketones is 1. The number of carbonyl (C=O) groups is 1.